The predicted molar refractivity (Wildman–Crippen MR) is 71.8 cm³/mol. The Morgan fingerprint density at radius 2 is 2.29 bits per heavy atom. The molecule has 2 heterocycles. The second-order valence-electron chi connectivity index (χ2n) is 3.22. The van der Waals surface area contributed by atoms with E-state index in [0.717, 1.165) is 0 Å². The van der Waals surface area contributed by atoms with Gasteiger partial charge in [-0.3, -0.25) is 4.79 Å². The zero-order chi connectivity index (χ0) is 12.4. The van der Waals surface area contributed by atoms with Gasteiger partial charge in [0, 0.05) is 0 Å². The molecule has 0 saturated carbocycles. The summed E-state index contributed by atoms with van der Waals surface area (Å²) in [7, 11) is 0. The highest BCUT2D eigenvalue weighted by molar-refractivity contribution is 9.10. The summed E-state index contributed by atoms with van der Waals surface area (Å²) < 4.78 is 0.637. The molecule has 0 aliphatic heterocycles. The molecule has 88 valence electrons. The van der Waals surface area contributed by atoms with Gasteiger partial charge in [0.25, 0.3) is 5.91 Å². The van der Waals surface area contributed by atoms with Crippen molar-refractivity contribution < 1.29 is 4.79 Å². The van der Waals surface area contributed by atoms with Gasteiger partial charge in [0.05, 0.1) is 27.6 Å². The largest absolute Gasteiger partial charge is 0.320 e. The molecule has 0 aliphatic rings. The zero-order valence-electron chi connectivity index (χ0n) is 8.70. The van der Waals surface area contributed by atoms with Crippen LogP contribution in [0.2, 0.25) is 5.15 Å². The lowest BCUT2D eigenvalue weighted by molar-refractivity contribution is 0.103. The molecule has 0 spiro atoms. The molecule has 0 saturated heterocycles. The van der Waals surface area contributed by atoms with Crippen LogP contribution in [-0.4, -0.2) is 15.9 Å². The highest BCUT2D eigenvalue weighted by Gasteiger charge is 2.12. The number of pyridine rings is 1. The Kier molecular flexibility index (Phi) is 3.76. The van der Waals surface area contributed by atoms with E-state index in [1.807, 2.05) is 0 Å². The fourth-order valence-corrected chi connectivity index (χ4v) is 2.35. The number of nitrogens with one attached hydrogen (secondary N) is 1. The number of nitrogens with zero attached hydrogens (tertiary/aromatic N) is 2. The summed E-state index contributed by atoms with van der Waals surface area (Å²) in [6.07, 6.45) is 1.50. The Hall–Kier alpha value is -0.980. The maximum absolute atomic E-state index is 11.9. The van der Waals surface area contributed by atoms with Crippen LogP contribution in [0.4, 0.5) is 5.69 Å². The van der Waals surface area contributed by atoms with Crippen LogP contribution in [0.3, 0.4) is 0 Å². The molecule has 0 bridgehead atoms. The summed E-state index contributed by atoms with van der Waals surface area (Å²) in [5, 5.41) is 3.09. The minimum Gasteiger partial charge on any atom is -0.320 e. The van der Waals surface area contributed by atoms with E-state index < -0.39 is 0 Å². The Labute approximate surface area is 115 Å². The zero-order valence-corrected chi connectivity index (χ0v) is 11.9. The first-order chi connectivity index (χ1) is 8.08. The number of amides is 1. The summed E-state index contributed by atoms with van der Waals surface area (Å²) in [4.78, 5) is 20.4. The lowest BCUT2D eigenvalue weighted by Gasteiger charge is -2.04. The molecule has 4 nitrogen and oxygen atoms in total. The number of rotatable bonds is 2. The number of hydrogen-bond acceptors (Lipinski definition) is 4. The van der Waals surface area contributed by atoms with Gasteiger partial charge >= 0.3 is 0 Å². The maximum Gasteiger partial charge on any atom is 0.267 e. The molecule has 1 amide bonds. The predicted octanol–water partition coefficient (Wildman–Crippen LogP) is 3.51. The first-order valence-corrected chi connectivity index (χ1v) is 6.65. The minimum atomic E-state index is -0.193. The Bertz CT molecular complexity index is 572. The second-order valence-corrected chi connectivity index (χ2v) is 5.28. The molecule has 2 aromatic rings. The van der Waals surface area contributed by atoms with Gasteiger partial charge in [0.2, 0.25) is 0 Å². The van der Waals surface area contributed by atoms with Crippen molar-refractivity contribution in [1.29, 1.82) is 0 Å². The number of carbonyl (C=O) groups excluding carboxylic acids is 1. The molecule has 0 unspecified atom stereocenters. The lowest BCUT2D eigenvalue weighted by Crippen LogP contribution is -2.11. The molecular weight excluding hydrogens is 326 g/mol. The SMILES string of the molecule is Cc1ncsc1C(=O)Nc1cnc(Cl)c(Br)c1. The number of aryl methyl sites for hydroxylation is 1. The van der Waals surface area contributed by atoms with Gasteiger partial charge in [0.15, 0.2) is 0 Å². The van der Waals surface area contributed by atoms with Gasteiger partial charge in [-0.2, -0.15) is 0 Å². The third-order valence-electron chi connectivity index (χ3n) is 2.01. The van der Waals surface area contributed by atoms with Gasteiger partial charge in [-0.25, -0.2) is 9.97 Å². The molecule has 7 heteroatoms. The summed E-state index contributed by atoms with van der Waals surface area (Å²) in [5.74, 6) is -0.193. The molecule has 0 aliphatic carbocycles. The van der Waals surface area contributed by atoms with E-state index in [9.17, 15) is 4.79 Å². The highest BCUT2D eigenvalue weighted by Crippen LogP contribution is 2.23. The molecule has 0 atom stereocenters. The van der Waals surface area contributed by atoms with Gasteiger partial charge in [0.1, 0.15) is 10.0 Å². The third kappa shape index (κ3) is 2.83. The monoisotopic (exact) mass is 331 g/mol. The standard InChI is InChI=1S/C10H7BrClN3OS/c1-5-8(17-4-14-5)10(16)15-6-2-7(11)9(12)13-3-6/h2-4H,1H3,(H,15,16). The lowest BCUT2D eigenvalue weighted by atomic mass is 10.3. The van der Waals surface area contributed by atoms with E-state index in [1.165, 1.54) is 17.5 Å². The van der Waals surface area contributed by atoms with Crippen molar-refractivity contribution in [3.8, 4) is 0 Å². The number of aromatic nitrogens is 2. The molecule has 17 heavy (non-hydrogen) atoms. The van der Waals surface area contributed by atoms with Gasteiger partial charge < -0.3 is 5.32 Å². The second kappa shape index (κ2) is 5.12. The molecule has 0 aromatic carbocycles. The topological polar surface area (TPSA) is 54.9 Å². The van der Waals surface area contributed by atoms with Crippen molar-refractivity contribution >= 4 is 50.5 Å². The van der Waals surface area contributed by atoms with E-state index in [1.54, 1.807) is 18.5 Å². The molecular formula is C10H7BrClN3OS. The molecule has 2 rings (SSSR count). The molecule has 0 radical (unpaired) electrons. The van der Waals surface area contributed by atoms with Crippen molar-refractivity contribution in [2.75, 3.05) is 5.32 Å². The van der Waals surface area contributed by atoms with Gasteiger partial charge in [-0.1, -0.05) is 11.6 Å². The third-order valence-corrected chi connectivity index (χ3v) is 4.07. The summed E-state index contributed by atoms with van der Waals surface area (Å²) in [6.45, 7) is 1.79. The smallest absolute Gasteiger partial charge is 0.267 e. The van der Waals surface area contributed by atoms with Crippen LogP contribution in [0.15, 0.2) is 22.2 Å². The van der Waals surface area contributed by atoms with Crippen molar-refractivity contribution in [3.05, 3.63) is 38.0 Å². The van der Waals surface area contributed by atoms with E-state index in [4.69, 9.17) is 11.6 Å². The average Bonchev–Trinajstić information content (AvgIpc) is 2.70. The van der Waals surface area contributed by atoms with Gasteiger partial charge in [-0.05, 0) is 28.9 Å². The Balaban J connectivity index is 2.19. The average molecular weight is 333 g/mol. The van der Waals surface area contributed by atoms with Crippen LogP contribution in [0.5, 0.6) is 0 Å². The summed E-state index contributed by atoms with van der Waals surface area (Å²) >= 11 is 10.3. The fourth-order valence-electron chi connectivity index (χ4n) is 1.20. The highest BCUT2D eigenvalue weighted by atomic mass is 79.9. The van der Waals surface area contributed by atoms with Crippen LogP contribution >= 0.6 is 38.9 Å². The van der Waals surface area contributed by atoms with Crippen LogP contribution in [0, 0.1) is 6.92 Å². The molecule has 2 aromatic heterocycles. The van der Waals surface area contributed by atoms with Gasteiger partial charge in [-0.15, -0.1) is 11.3 Å². The van der Waals surface area contributed by atoms with E-state index in [-0.39, 0.29) is 5.91 Å². The maximum atomic E-state index is 11.9. The quantitative estimate of drug-likeness (QED) is 0.856. The first kappa shape index (κ1) is 12.5. The molecule has 0 fully saturated rings. The van der Waals surface area contributed by atoms with Crippen LogP contribution < -0.4 is 5.32 Å². The van der Waals surface area contributed by atoms with Crippen molar-refractivity contribution in [2.45, 2.75) is 6.92 Å². The Morgan fingerprint density at radius 1 is 1.53 bits per heavy atom. The summed E-state index contributed by atoms with van der Waals surface area (Å²) in [6, 6.07) is 1.70. The fraction of sp³-hybridized carbons (Fsp3) is 0.100. The normalized spacial score (nSPS) is 10.3. The number of hydrogen-bond donors (Lipinski definition) is 1. The van der Waals surface area contributed by atoms with E-state index in [0.29, 0.717) is 25.9 Å². The van der Waals surface area contributed by atoms with Crippen molar-refractivity contribution in [1.82, 2.24) is 9.97 Å². The van der Waals surface area contributed by atoms with Crippen molar-refractivity contribution in [3.63, 3.8) is 0 Å². The number of thiazole rings is 1. The first-order valence-electron chi connectivity index (χ1n) is 4.60. The van der Waals surface area contributed by atoms with E-state index in [2.05, 4.69) is 31.2 Å². The molecule has 1 N–H and O–H groups in total. The van der Waals surface area contributed by atoms with Crippen LogP contribution in [0.25, 0.3) is 0 Å². The minimum absolute atomic E-state index is 0.193. The number of halogens is 2. The van der Waals surface area contributed by atoms with E-state index >= 15 is 0 Å². The van der Waals surface area contributed by atoms with Crippen molar-refractivity contribution in [2.24, 2.45) is 0 Å². The number of carbonyl (C=O) groups is 1. The number of anilines is 1. The summed E-state index contributed by atoms with van der Waals surface area (Å²) in [5.41, 5.74) is 2.94. The van der Waals surface area contributed by atoms with Crippen LogP contribution in [0.1, 0.15) is 15.4 Å². The van der Waals surface area contributed by atoms with Crippen LogP contribution in [-0.2, 0) is 0 Å². The Morgan fingerprint density at radius 3 is 2.88 bits per heavy atom.